The highest BCUT2D eigenvalue weighted by atomic mass is 15.2. The third-order valence-electron chi connectivity index (χ3n) is 4.27. The van der Waals surface area contributed by atoms with Gasteiger partial charge in [0.15, 0.2) is 0 Å². The smallest absolute Gasteiger partial charge is 0.132 e. The van der Waals surface area contributed by atoms with Crippen LogP contribution in [0, 0.1) is 5.92 Å². The second-order valence-electron chi connectivity index (χ2n) is 5.76. The third kappa shape index (κ3) is 3.25. The second kappa shape index (κ2) is 6.83. The maximum atomic E-state index is 5.78. The number of nitrogens with zero attached hydrogens (tertiary/aromatic N) is 4. The molecular weight excluding hydrogens is 274 g/mol. The van der Waals surface area contributed by atoms with E-state index in [-0.39, 0.29) is 0 Å². The van der Waals surface area contributed by atoms with E-state index in [2.05, 4.69) is 27.9 Å². The number of aromatic nitrogens is 3. The summed E-state index contributed by atoms with van der Waals surface area (Å²) in [6, 6.07) is 7.96. The van der Waals surface area contributed by atoms with Crippen molar-refractivity contribution < 1.29 is 0 Å². The normalized spacial score (nSPS) is 16.0. The topological polar surface area (TPSA) is 67.9 Å². The highest BCUT2D eigenvalue weighted by Crippen LogP contribution is 2.24. The molecule has 5 nitrogen and oxygen atoms in total. The van der Waals surface area contributed by atoms with Crippen LogP contribution < -0.4 is 10.6 Å². The first-order chi connectivity index (χ1) is 10.8. The van der Waals surface area contributed by atoms with Crippen LogP contribution in [0.15, 0.2) is 30.5 Å². The minimum Gasteiger partial charge on any atom is -0.356 e. The van der Waals surface area contributed by atoms with Gasteiger partial charge in [-0.2, -0.15) is 0 Å². The molecule has 1 saturated heterocycles. The molecule has 3 heterocycles. The fraction of sp³-hybridized carbons (Fsp3) is 0.471. The zero-order valence-electron chi connectivity index (χ0n) is 13.1. The standard InChI is InChI=1S/C17H23N5/c1-2-16-20-15(14-5-3-4-8-19-14)11-17(21-16)22-9-6-13(12-18)7-10-22/h3-5,8,11,13H,2,6-7,9-10,12,18H2,1H3. The van der Waals surface area contributed by atoms with Crippen molar-refractivity contribution in [1.82, 2.24) is 15.0 Å². The van der Waals surface area contributed by atoms with Crippen LogP contribution in [0.3, 0.4) is 0 Å². The van der Waals surface area contributed by atoms with Gasteiger partial charge < -0.3 is 10.6 Å². The maximum Gasteiger partial charge on any atom is 0.132 e. The number of anilines is 1. The van der Waals surface area contributed by atoms with Crippen LogP contribution in [0.1, 0.15) is 25.6 Å². The number of piperidine rings is 1. The van der Waals surface area contributed by atoms with Crippen molar-refractivity contribution >= 4 is 5.82 Å². The van der Waals surface area contributed by atoms with Gasteiger partial charge in [-0.25, -0.2) is 9.97 Å². The first-order valence-corrected chi connectivity index (χ1v) is 8.04. The van der Waals surface area contributed by atoms with E-state index in [1.807, 2.05) is 18.2 Å². The van der Waals surface area contributed by atoms with Crippen molar-refractivity contribution in [1.29, 1.82) is 0 Å². The van der Waals surface area contributed by atoms with E-state index >= 15 is 0 Å². The molecular formula is C17H23N5. The molecule has 0 bridgehead atoms. The Morgan fingerprint density at radius 2 is 2.00 bits per heavy atom. The van der Waals surface area contributed by atoms with Crippen LogP contribution >= 0.6 is 0 Å². The van der Waals surface area contributed by atoms with E-state index in [1.165, 1.54) is 0 Å². The molecule has 1 aliphatic heterocycles. The Morgan fingerprint density at radius 3 is 2.64 bits per heavy atom. The summed E-state index contributed by atoms with van der Waals surface area (Å²) in [4.78, 5) is 16.1. The molecule has 0 spiro atoms. The summed E-state index contributed by atoms with van der Waals surface area (Å²) < 4.78 is 0. The molecule has 2 aromatic rings. The summed E-state index contributed by atoms with van der Waals surface area (Å²) >= 11 is 0. The highest BCUT2D eigenvalue weighted by Gasteiger charge is 2.20. The Balaban J connectivity index is 1.88. The first-order valence-electron chi connectivity index (χ1n) is 8.04. The molecule has 0 saturated carbocycles. The predicted octanol–water partition coefficient (Wildman–Crippen LogP) is 2.28. The lowest BCUT2D eigenvalue weighted by molar-refractivity contribution is 0.413. The fourth-order valence-electron chi connectivity index (χ4n) is 2.85. The monoisotopic (exact) mass is 297 g/mol. The van der Waals surface area contributed by atoms with Gasteiger partial charge in [0, 0.05) is 31.8 Å². The first kappa shape index (κ1) is 14.9. The number of nitrogens with two attached hydrogens (primary N) is 1. The van der Waals surface area contributed by atoms with E-state index in [0.29, 0.717) is 5.92 Å². The third-order valence-corrected chi connectivity index (χ3v) is 4.27. The highest BCUT2D eigenvalue weighted by molar-refractivity contribution is 5.59. The molecule has 2 aromatic heterocycles. The minimum absolute atomic E-state index is 0.652. The van der Waals surface area contributed by atoms with E-state index < -0.39 is 0 Å². The second-order valence-corrected chi connectivity index (χ2v) is 5.76. The quantitative estimate of drug-likeness (QED) is 0.937. The number of aryl methyl sites for hydroxylation is 1. The van der Waals surface area contributed by atoms with E-state index in [1.54, 1.807) is 6.20 Å². The molecule has 1 fully saturated rings. The molecule has 0 radical (unpaired) electrons. The molecule has 3 rings (SSSR count). The average molecular weight is 297 g/mol. The van der Waals surface area contributed by atoms with Crippen LogP contribution in [0.4, 0.5) is 5.82 Å². The van der Waals surface area contributed by atoms with Gasteiger partial charge >= 0.3 is 0 Å². The zero-order chi connectivity index (χ0) is 15.4. The average Bonchev–Trinajstić information content (AvgIpc) is 2.62. The van der Waals surface area contributed by atoms with Gasteiger partial charge in [0.25, 0.3) is 0 Å². The summed E-state index contributed by atoms with van der Waals surface area (Å²) in [6.07, 6.45) is 4.91. The lowest BCUT2D eigenvalue weighted by Crippen LogP contribution is -2.36. The van der Waals surface area contributed by atoms with Crippen LogP contribution in [-0.4, -0.2) is 34.6 Å². The summed E-state index contributed by atoms with van der Waals surface area (Å²) in [7, 11) is 0. The van der Waals surface area contributed by atoms with Gasteiger partial charge in [0.1, 0.15) is 11.6 Å². The summed E-state index contributed by atoms with van der Waals surface area (Å²) in [5, 5.41) is 0. The molecule has 0 aromatic carbocycles. The Bertz CT molecular complexity index is 606. The molecule has 22 heavy (non-hydrogen) atoms. The van der Waals surface area contributed by atoms with Gasteiger partial charge in [-0.05, 0) is 37.4 Å². The van der Waals surface area contributed by atoms with Crippen LogP contribution in [0.25, 0.3) is 11.4 Å². The molecule has 0 aliphatic carbocycles. The van der Waals surface area contributed by atoms with Crippen molar-refractivity contribution in [2.24, 2.45) is 11.7 Å². The number of rotatable bonds is 4. The van der Waals surface area contributed by atoms with E-state index in [0.717, 1.165) is 61.9 Å². The number of hydrogen-bond donors (Lipinski definition) is 1. The molecule has 0 unspecified atom stereocenters. The van der Waals surface area contributed by atoms with Gasteiger partial charge in [-0.15, -0.1) is 0 Å². The maximum absolute atomic E-state index is 5.78. The molecule has 1 aliphatic rings. The van der Waals surface area contributed by atoms with Gasteiger partial charge in [-0.3, -0.25) is 4.98 Å². The molecule has 2 N–H and O–H groups in total. The molecule has 5 heteroatoms. The van der Waals surface area contributed by atoms with Gasteiger partial charge in [0.05, 0.1) is 11.4 Å². The van der Waals surface area contributed by atoms with Crippen molar-refractivity contribution in [3.8, 4) is 11.4 Å². The Kier molecular flexibility index (Phi) is 4.63. The fourth-order valence-corrected chi connectivity index (χ4v) is 2.85. The number of pyridine rings is 1. The number of hydrogen-bond acceptors (Lipinski definition) is 5. The van der Waals surface area contributed by atoms with E-state index in [4.69, 9.17) is 10.7 Å². The van der Waals surface area contributed by atoms with E-state index in [9.17, 15) is 0 Å². The summed E-state index contributed by atoms with van der Waals surface area (Å²) in [5.41, 5.74) is 7.59. The van der Waals surface area contributed by atoms with Crippen LogP contribution in [0.2, 0.25) is 0 Å². The van der Waals surface area contributed by atoms with Crippen LogP contribution in [-0.2, 0) is 6.42 Å². The Morgan fingerprint density at radius 1 is 1.18 bits per heavy atom. The van der Waals surface area contributed by atoms with Gasteiger partial charge in [0.2, 0.25) is 0 Å². The lowest BCUT2D eigenvalue weighted by atomic mass is 9.97. The zero-order valence-corrected chi connectivity index (χ0v) is 13.1. The summed E-state index contributed by atoms with van der Waals surface area (Å²) in [5.74, 6) is 2.54. The van der Waals surface area contributed by atoms with Crippen molar-refractivity contribution in [2.75, 3.05) is 24.5 Å². The molecule has 0 amide bonds. The Hall–Kier alpha value is -2.01. The molecule has 116 valence electrons. The Labute approximate surface area is 131 Å². The van der Waals surface area contributed by atoms with Crippen LogP contribution in [0.5, 0.6) is 0 Å². The minimum atomic E-state index is 0.652. The largest absolute Gasteiger partial charge is 0.356 e. The van der Waals surface area contributed by atoms with Crippen molar-refractivity contribution in [2.45, 2.75) is 26.2 Å². The van der Waals surface area contributed by atoms with Crippen molar-refractivity contribution in [3.05, 3.63) is 36.3 Å². The van der Waals surface area contributed by atoms with Crippen molar-refractivity contribution in [3.63, 3.8) is 0 Å². The molecule has 0 atom stereocenters. The lowest BCUT2D eigenvalue weighted by Gasteiger charge is -2.32. The predicted molar refractivity (Wildman–Crippen MR) is 88.6 cm³/mol. The van der Waals surface area contributed by atoms with Gasteiger partial charge in [-0.1, -0.05) is 13.0 Å². The SMILES string of the molecule is CCc1nc(-c2ccccn2)cc(N2CCC(CN)CC2)n1. The summed E-state index contributed by atoms with van der Waals surface area (Å²) in [6.45, 7) is 4.91.